The lowest BCUT2D eigenvalue weighted by molar-refractivity contribution is 0.628. The number of benzene rings is 1. The van der Waals surface area contributed by atoms with Crippen molar-refractivity contribution < 1.29 is 4.39 Å². The molecule has 20 heavy (non-hydrogen) atoms. The third-order valence-electron chi connectivity index (χ3n) is 3.61. The molecule has 0 amide bonds. The van der Waals surface area contributed by atoms with Gasteiger partial charge >= 0.3 is 0 Å². The second-order valence-electron chi connectivity index (χ2n) is 4.98. The van der Waals surface area contributed by atoms with E-state index in [1.54, 1.807) is 6.07 Å². The smallest absolute Gasteiger partial charge is 0.132 e. The van der Waals surface area contributed by atoms with E-state index >= 15 is 0 Å². The molecule has 0 unspecified atom stereocenters. The van der Waals surface area contributed by atoms with E-state index in [-0.39, 0.29) is 5.82 Å². The first kappa shape index (κ1) is 13.1. The fourth-order valence-electron chi connectivity index (χ4n) is 2.54. The van der Waals surface area contributed by atoms with Crippen molar-refractivity contribution in [2.75, 3.05) is 18.0 Å². The Balaban J connectivity index is 1.83. The molecule has 1 aliphatic rings. The Bertz CT molecular complexity index is 595. The Kier molecular flexibility index (Phi) is 3.65. The van der Waals surface area contributed by atoms with Crippen molar-refractivity contribution in [2.45, 2.75) is 19.9 Å². The van der Waals surface area contributed by atoms with Crippen LogP contribution in [0, 0.1) is 5.82 Å². The van der Waals surface area contributed by atoms with Crippen molar-refractivity contribution in [1.29, 1.82) is 0 Å². The first-order chi connectivity index (χ1) is 9.78. The van der Waals surface area contributed by atoms with Gasteiger partial charge in [0.25, 0.3) is 0 Å². The molecule has 1 N–H and O–H groups in total. The summed E-state index contributed by atoms with van der Waals surface area (Å²) >= 11 is 0. The fourth-order valence-corrected chi connectivity index (χ4v) is 2.54. The van der Waals surface area contributed by atoms with E-state index in [2.05, 4.69) is 28.2 Å². The molecule has 2 aromatic rings. The monoisotopic (exact) mass is 271 g/mol. The third kappa shape index (κ3) is 2.51. The SMILES string of the molecule is CCNCc1ccc(N2CCc3ccc(F)cc32)nc1. The molecule has 0 radical (unpaired) electrons. The van der Waals surface area contributed by atoms with Gasteiger partial charge in [0.05, 0.1) is 0 Å². The molecule has 0 fully saturated rings. The number of hydrogen-bond donors (Lipinski definition) is 1. The summed E-state index contributed by atoms with van der Waals surface area (Å²) < 4.78 is 13.4. The minimum Gasteiger partial charge on any atom is -0.326 e. The molecule has 1 aromatic carbocycles. The summed E-state index contributed by atoms with van der Waals surface area (Å²) in [5.41, 5.74) is 3.29. The van der Waals surface area contributed by atoms with Crippen LogP contribution in [0.1, 0.15) is 18.1 Å². The maximum absolute atomic E-state index is 13.4. The number of anilines is 2. The number of nitrogens with zero attached hydrogens (tertiary/aromatic N) is 2. The molecule has 1 aromatic heterocycles. The highest BCUT2D eigenvalue weighted by molar-refractivity contribution is 5.67. The Morgan fingerprint density at radius 3 is 2.95 bits per heavy atom. The van der Waals surface area contributed by atoms with Gasteiger partial charge in [-0.3, -0.25) is 0 Å². The van der Waals surface area contributed by atoms with Crippen LogP contribution in [0.25, 0.3) is 0 Å². The number of pyridine rings is 1. The van der Waals surface area contributed by atoms with E-state index < -0.39 is 0 Å². The molecule has 1 aliphatic heterocycles. The molecule has 0 saturated heterocycles. The summed E-state index contributed by atoms with van der Waals surface area (Å²) in [7, 11) is 0. The lowest BCUT2D eigenvalue weighted by Gasteiger charge is -2.18. The van der Waals surface area contributed by atoms with E-state index in [0.29, 0.717) is 0 Å². The van der Waals surface area contributed by atoms with Crippen LogP contribution in [-0.2, 0) is 13.0 Å². The van der Waals surface area contributed by atoms with Gasteiger partial charge in [0.1, 0.15) is 11.6 Å². The van der Waals surface area contributed by atoms with E-state index in [0.717, 1.165) is 43.1 Å². The molecule has 3 nitrogen and oxygen atoms in total. The average molecular weight is 271 g/mol. The minimum atomic E-state index is -0.195. The van der Waals surface area contributed by atoms with E-state index in [1.807, 2.05) is 18.3 Å². The van der Waals surface area contributed by atoms with Crippen LogP contribution in [0.15, 0.2) is 36.5 Å². The minimum absolute atomic E-state index is 0.195. The molecule has 0 atom stereocenters. The Morgan fingerprint density at radius 1 is 1.30 bits per heavy atom. The van der Waals surface area contributed by atoms with E-state index in [1.165, 1.54) is 11.6 Å². The van der Waals surface area contributed by atoms with Gasteiger partial charge in [-0.05, 0) is 42.3 Å². The highest BCUT2D eigenvalue weighted by Gasteiger charge is 2.21. The number of fused-ring (bicyclic) bond motifs is 1. The first-order valence-electron chi connectivity index (χ1n) is 6.99. The molecule has 4 heteroatoms. The topological polar surface area (TPSA) is 28.2 Å². The van der Waals surface area contributed by atoms with Crippen LogP contribution >= 0.6 is 0 Å². The molecule has 3 rings (SSSR count). The van der Waals surface area contributed by atoms with Gasteiger partial charge in [-0.2, -0.15) is 0 Å². The summed E-state index contributed by atoms with van der Waals surface area (Å²) in [6.45, 7) is 4.71. The molecule has 104 valence electrons. The normalized spacial score (nSPS) is 13.6. The van der Waals surface area contributed by atoms with Gasteiger partial charge in [0.15, 0.2) is 0 Å². The Labute approximate surface area is 118 Å². The fraction of sp³-hybridized carbons (Fsp3) is 0.312. The van der Waals surface area contributed by atoms with Crippen molar-refractivity contribution in [3.8, 4) is 0 Å². The lowest BCUT2D eigenvalue weighted by Crippen LogP contribution is -2.16. The quantitative estimate of drug-likeness (QED) is 0.926. The molecule has 0 aliphatic carbocycles. The summed E-state index contributed by atoms with van der Waals surface area (Å²) in [5, 5.41) is 3.27. The van der Waals surface area contributed by atoms with Crippen LogP contribution < -0.4 is 10.2 Å². The number of hydrogen-bond acceptors (Lipinski definition) is 3. The van der Waals surface area contributed by atoms with Crippen molar-refractivity contribution in [3.05, 3.63) is 53.5 Å². The summed E-state index contributed by atoms with van der Waals surface area (Å²) in [6.07, 6.45) is 2.83. The Hall–Kier alpha value is -1.94. The van der Waals surface area contributed by atoms with Gasteiger partial charge in [-0.1, -0.05) is 19.1 Å². The van der Waals surface area contributed by atoms with Gasteiger partial charge in [0, 0.05) is 25.0 Å². The summed E-state index contributed by atoms with van der Waals surface area (Å²) in [4.78, 5) is 6.58. The highest BCUT2D eigenvalue weighted by Crippen LogP contribution is 2.33. The van der Waals surface area contributed by atoms with Gasteiger partial charge in [-0.15, -0.1) is 0 Å². The van der Waals surface area contributed by atoms with Crippen molar-refractivity contribution in [3.63, 3.8) is 0 Å². The maximum Gasteiger partial charge on any atom is 0.132 e. The second-order valence-corrected chi connectivity index (χ2v) is 4.98. The first-order valence-corrected chi connectivity index (χ1v) is 6.99. The van der Waals surface area contributed by atoms with Crippen LogP contribution in [0.2, 0.25) is 0 Å². The summed E-state index contributed by atoms with van der Waals surface area (Å²) in [6, 6.07) is 9.06. The molecular formula is C16H18FN3. The number of nitrogens with one attached hydrogen (secondary N) is 1. The lowest BCUT2D eigenvalue weighted by atomic mass is 10.2. The number of halogens is 1. The zero-order chi connectivity index (χ0) is 13.9. The Morgan fingerprint density at radius 2 is 2.20 bits per heavy atom. The van der Waals surface area contributed by atoms with Crippen molar-refractivity contribution in [2.24, 2.45) is 0 Å². The standard InChI is InChI=1S/C16H18FN3/c1-2-18-10-12-3-6-16(19-11-12)20-8-7-13-4-5-14(17)9-15(13)20/h3-6,9,11,18H,2,7-8,10H2,1H3. The molecular weight excluding hydrogens is 253 g/mol. The molecule has 0 saturated carbocycles. The van der Waals surface area contributed by atoms with Crippen molar-refractivity contribution >= 4 is 11.5 Å². The second kappa shape index (κ2) is 5.59. The van der Waals surface area contributed by atoms with Crippen LogP contribution in [0.3, 0.4) is 0 Å². The summed E-state index contributed by atoms with van der Waals surface area (Å²) in [5.74, 6) is 0.689. The molecule has 0 bridgehead atoms. The predicted octanol–water partition coefficient (Wildman–Crippen LogP) is 3.02. The van der Waals surface area contributed by atoms with Crippen molar-refractivity contribution in [1.82, 2.24) is 10.3 Å². The predicted molar refractivity (Wildman–Crippen MR) is 78.7 cm³/mol. The van der Waals surface area contributed by atoms with Gasteiger partial charge in [0.2, 0.25) is 0 Å². The zero-order valence-electron chi connectivity index (χ0n) is 11.6. The number of aromatic nitrogens is 1. The molecule has 2 heterocycles. The third-order valence-corrected chi connectivity index (χ3v) is 3.61. The average Bonchev–Trinajstić information content (AvgIpc) is 2.88. The van der Waals surface area contributed by atoms with E-state index in [9.17, 15) is 4.39 Å². The largest absolute Gasteiger partial charge is 0.326 e. The van der Waals surface area contributed by atoms with Gasteiger partial charge < -0.3 is 10.2 Å². The van der Waals surface area contributed by atoms with Crippen LogP contribution in [0.4, 0.5) is 15.9 Å². The highest BCUT2D eigenvalue weighted by atomic mass is 19.1. The maximum atomic E-state index is 13.4. The van der Waals surface area contributed by atoms with Crippen LogP contribution in [0.5, 0.6) is 0 Å². The van der Waals surface area contributed by atoms with E-state index in [4.69, 9.17) is 0 Å². The zero-order valence-corrected chi connectivity index (χ0v) is 11.6. The number of rotatable bonds is 4. The van der Waals surface area contributed by atoms with Gasteiger partial charge in [-0.25, -0.2) is 9.37 Å². The molecule has 0 spiro atoms. The van der Waals surface area contributed by atoms with Crippen LogP contribution in [-0.4, -0.2) is 18.1 Å².